The Hall–Kier alpha value is -2.99. The topological polar surface area (TPSA) is 62.2 Å². The molecule has 1 N–H and O–H groups in total. The second kappa shape index (κ2) is 11.4. The molecular formula is C35H46N2O4. The zero-order valence-electron chi connectivity index (χ0n) is 25.0. The van der Waals surface area contributed by atoms with Crippen LogP contribution in [0.5, 0.6) is 17.2 Å². The van der Waals surface area contributed by atoms with Crippen LogP contribution in [0.3, 0.4) is 0 Å². The van der Waals surface area contributed by atoms with E-state index < -0.39 is 0 Å². The molecule has 0 radical (unpaired) electrons. The Morgan fingerprint density at radius 3 is 2.78 bits per heavy atom. The van der Waals surface area contributed by atoms with Gasteiger partial charge < -0.3 is 19.5 Å². The molecule has 2 aliphatic carbocycles. The molecule has 2 heterocycles. The number of likely N-dealkylation sites (tertiary alicyclic amines) is 1. The number of hydrogen-bond acceptors (Lipinski definition) is 5. The summed E-state index contributed by atoms with van der Waals surface area (Å²) in [5.41, 5.74) is 3.33. The van der Waals surface area contributed by atoms with Crippen LogP contribution in [0.4, 0.5) is 0 Å². The molecule has 1 amide bonds. The summed E-state index contributed by atoms with van der Waals surface area (Å²) in [5.74, 6) is 2.37. The van der Waals surface area contributed by atoms with E-state index in [0.717, 1.165) is 75.8 Å². The number of carbonyl (C=O) groups excluding carboxylic acids is 1. The minimum atomic E-state index is -0.219. The van der Waals surface area contributed by atoms with Gasteiger partial charge in [-0.25, -0.2) is 0 Å². The van der Waals surface area contributed by atoms with Gasteiger partial charge in [-0.3, -0.25) is 9.69 Å². The van der Waals surface area contributed by atoms with Gasteiger partial charge in [0, 0.05) is 47.7 Å². The highest BCUT2D eigenvalue weighted by Crippen LogP contribution is 2.65. The molecule has 4 aliphatic rings. The van der Waals surface area contributed by atoms with Gasteiger partial charge in [-0.05, 0) is 76.8 Å². The van der Waals surface area contributed by atoms with Crippen LogP contribution in [-0.2, 0) is 23.1 Å². The Morgan fingerprint density at radius 2 is 2.05 bits per heavy atom. The number of unbranched alkanes of at least 4 members (excludes halogenated alkanes) is 2. The average molecular weight is 559 g/mol. The number of amides is 1. The number of methoxy groups -OCH3 is 1. The van der Waals surface area contributed by atoms with Crippen molar-refractivity contribution in [1.82, 2.24) is 9.80 Å². The summed E-state index contributed by atoms with van der Waals surface area (Å²) in [6.45, 7) is 10.1. The van der Waals surface area contributed by atoms with Gasteiger partial charge in [0.05, 0.1) is 13.2 Å². The van der Waals surface area contributed by atoms with Crippen molar-refractivity contribution < 1.29 is 19.4 Å². The highest BCUT2D eigenvalue weighted by Gasteiger charge is 2.67. The van der Waals surface area contributed by atoms with Crippen LogP contribution in [0.2, 0.25) is 0 Å². The van der Waals surface area contributed by atoms with E-state index in [4.69, 9.17) is 9.47 Å². The fraction of sp³-hybridized carbons (Fsp3) is 0.571. The van der Waals surface area contributed by atoms with Gasteiger partial charge in [0.15, 0.2) is 11.5 Å². The number of rotatable bonds is 11. The largest absolute Gasteiger partial charge is 0.508 e. The molecule has 6 nitrogen and oxygen atoms in total. The normalized spacial score (nSPS) is 27.7. The number of ether oxygens (including phenoxy) is 2. The zero-order chi connectivity index (χ0) is 28.7. The van der Waals surface area contributed by atoms with Gasteiger partial charge in [-0.2, -0.15) is 0 Å². The predicted octanol–water partition coefficient (Wildman–Crippen LogP) is 6.03. The highest BCUT2D eigenvalue weighted by atomic mass is 16.5. The Bertz CT molecular complexity index is 1280. The van der Waals surface area contributed by atoms with E-state index in [-0.39, 0.29) is 29.5 Å². The molecule has 2 fully saturated rings. The molecule has 2 bridgehead atoms. The smallest absolute Gasteiger partial charge is 0.223 e. The van der Waals surface area contributed by atoms with Crippen molar-refractivity contribution >= 4 is 5.91 Å². The third kappa shape index (κ3) is 4.63. The van der Waals surface area contributed by atoms with Gasteiger partial charge in [-0.1, -0.05) is 42.8 Å². The molecule has 0 unspecified atom stereocenters. The molecule has 5 atom stereocenters. The number of aromatic hydroxyl groups is 1. The first-order valence-corrected chi connectivity index (χ1v) is 15.7. The van der Waals surface area contributed by atoms with E-state index in [9.17, 15) is 9.90 Å². The van der Waals surface area contributed by atoms with Crippen molar-refractivity contribution in [2.45, 2.75) is 101 Å². The maximum atomic E-state index is 13.9. The standard InChI is InChI=1S/C35H46N2O4/c1-5-19-36-20-18-35-26-16-17-27(34(35)41-33-30(40-4)22-29(38)25(32(33)35)21-28(26)36)37(23(2)3)31(39)15-11-7-10-14-24-12-8-6-9-13-24/h5-6,8-9,12-13,22-23,26-28,34,38H,1,7,10-11,14-21H2,2-4H3/t26-,27+,28+,34-,35-/m0/s1. The van der Waals surface area contributed by atoms with E-state index in [1.54, 1.807) is 13.2 Å². The summed E-state index contributed by atoms with van der Waals surface area (Å²) in [6, 6.07) is 12.7. The summed E-state index contributed by atoms with van der Waals surface area (Å²) in [4.78, 5) is 18.6. The molecule has 41 heavy (non-hydrogen) atoms. The zero-order valence-corrected chi connectivity index (χ0v) is 25.0. The molecule has 220 valence electrons. The molecule has 1 saturated heterocycles. The Morgan fingerprint density at radius 1 is 1.24 bits per heavy atom. The summed E-state index contributed by atoms with van der Waals surface area (Å²) in [7, 11) is 1.65. The van der Waals surface area contributed by atoms with E-state index in [0.29, 0.717) is 29.9 Å². The van der Waals surface area contributed by atoms with E-state index in [1.165, 1.54) is 11.1 Å². The average Bonchev–Trinajstić information content (AvgIpc) is 3.31. The third-order valence-corrected chi connectivity index (χ3v) is 10.5. The molecule has 2 aromatic rings. The lowest BCUT2D eigenvalue weighted by Crippen LogP contribution is -2.69. The number of piperidine rings is 1. The molecule has 2 aromatic carbocycles. The van der Waals surface area contributed by atoms with Crippen LogP contribution >= 0.6 is 0 Å². The number of benzene rings is 2. The fourth-order valence-electron chi connectivity index (χ4n) is 8.89. The van der Waals surface area contributed by atoms with Crippen molar-refractivity contribution in [1.29, 1.82) is 0 Å². The second-order valence-electron chi connectivity index (χ2n) is 12.9. The highest BCUT2D eigenvalue weighted by molar-refractivity contribution is 5.77. The first kappa shape index (κ1) is 28.1. The summed E-state index contributed by atoms with van der Waals surface area (Å²) in [5, 5.41) is 11.2. The maximum absolute atomic E-state index is 13.9. The van der Waals surface area contributed by atoms with Crippen LogP contribution in [0, 0.1) is 5.92 Å². The number of aryl methyl sites for hydroxylation is 1. The number of phenols is 1. The Balaban J connectivity index is 1.26. The molecule has 0 aromatic heterocycles. The van der Waals surface area contributed by atoms with E-state index >= 15 is 0 Å². The van der Waals surface area contributed by atoms with Gasteiger partial charge in [-0.15, -0.1) is 6.58 Å². The van der Waals surface area contributed by atoms with E-state index in [2.05, 4.69) is 60.6 Å². The number of carbonyl (C=O) groups is 1. The Kier molecular flexibility index (Phi) is 7.80. The van der Waals surface area contributed by atoms with E-state index in [1.807, 2.05) is 6.08 Å². The van der Waals surface area contributed by atoms with Crippen LogP contribution in [-0.4, -0.2) is 65.2 Å². The molecule has 6 heteroatoms. The predicted molar refractivity (Wildman–Crippen MR) is 162 cm³/mol. The number of nitrogens with zero attached hydrogens (tertiary/aromatic N) is 2. The van der Waals surface area contributed by atoms with Gasteiger partial charge in [0.2, 0.25) is 5.91 Å². The summed E-state index contributed by atoms with van der Waals surface area (Å²) >= 11 is 0. The van der Waals surface area contributed by atoms with Gasteiger partial charge in [0.1, 0.15) is 11.9 Å². The lowest BCUT2D eigenvalue weighted by Gasteiger charge is -2.60. The molecular weight excluding hydrogens is 512 g/mol. The quantitative estimate of drug-likeness (QED) is 0.269. The van der Waals surface area contributed by atoms with Crippen LogP contribution in [0.25, 0.3) is 0 Å². The lowest BCUT2D eigenvalue weighted by molar-refractivity contribution is -0.145. The lowest BCUT2D eigenvalue weighted by atomic mass is 9.50. The maximum Gasteiger partial charge on any atom is 0.223 e. The van der Waals surface area contributed by atoms with Crippen molar-refractivity contribution in [3.05, 3.63) is 65.7 Å². The number of hydrogen-bond donors (Lipinski definition) is 1. The molecule has 1 saturated carbocycles. The van der Waals surface area contributed by atoms with Gasteiger partial charge in [0.25, 0.3) is 0 Å². The van der Waals surface area contributed by atoms with Crippen LogP contribution in [0.1, 0.15) is 75.5 Å². The fourth-order valence-corrected chi connectivity index (χ4v) is 8.89. The first-order chi connectivity index (χ1) is 19.9. The van der Waals surface area contributed by atoms with Crippen LogP contribution < -0.4 is 9.47 Å². The summed E-state index contributed by atoms with van der Waals surface area (Å²) < 4.78 is 12.7. The Labute approximate surface area is 245 Å². The third-order valence-electron chi connectivity index (χ3n) is 10.5. The molecule has 1 spiro atoms. The molecule has 6 rings (SSSR count). The van der Waals surface area contributed by atoms with Crippen LogP contribution in [0.15, 0.2) is 49.1 Å². The van der Waals surface area contributed by atoms with Gasteiger partial charge >= 0.3 is 0 Å². The minimum absolute atomic E-state index is 0.000118. The summed E-state index contributed by atoms with van der Waals surface area (Å²) in [6.07, 6.45) is 10.3. The second-order valence-corrected chi connectivity index (χ2v) is 12.9. The monoisotopic (exact) mass is 558 g/mol. The number of phenolic OH excluding ortho intramolecular Hbond substituents is 1. The van der Waals surface area contributed by atoms with Crippen molar-refractivity contribution in [2.24, 2.45) is 5.92 Å². The SMILES string of the molecule is C=CCN1CC[C@]23c4c5c(O)cc(OC)c4O[C@H]2[C@H](N(C(=O)CCCCCc2ccccc2)C(C)C)CC[C@H]3[C@H]1C5. The minimum Gasteiger partial charge on any atom is -0.508 e. The first-order valence-electron chi connectivity index (χ1n) is 15.7. The molecule has 2 aliphatic heterocycles. The van der Waals surface area contributed by atoms with Crippen molar-refractivity contribution in [2.75, 3.05) is 20.2 Å². The van der Waals surface area contributed by atoms with Crippen molar-refractivity contribution in [3.8, 4) is 17.2 Å². The van der Waals surface area contributed by atoms with Crippen molar-refractivity contribution in [3.63, 3.8) is 0 Å².